The van der Waals surface area contributed by atoms with Crippen LogP contribution in [0.25, 0.3) is 0 Å². The maximum absolute atomic E-state index is 6.42. The highest BCUT2D eigenvalue weighted by atomic mass is 79.9. The summed E-state index contributed by atoms with van der Waals surface area (Å²) in [4.78, 5) is 0. The molecule has 0 N–H and O–H groups in total. The third kappa shape index (κ3) is 4.48. The second kappa shape index (κ2) is 6.93. The van der Waals surface area contributed by atoms with Crippen molar-refractivity contribution in [2.24, 2.45) is 16.7 Å². The fraction of sp³-hybridized carbons (Fsp3) is 0.667. The van der Waals surface area contributed by atoms with Crippen molar-refractivity contribution in [3.05, 3.63) is 33.3 Å². The number of hydrogen-bond donors (Lipinski definition) is 0. The van der Waals surface area contributed by atoms with Gasteiger partial charge in [-0.05, 0) is 66.5 Å². The van der Waals surface area contributed by atoms with Crippen LogP contribution in [0.5, 0.6) is 0 Å². The number of benzene rings is 1. The Morgan fingerprint density at radius 3 is 2.33 bits per heavy atom. The molecule has 1 aromatic rings. The average molecular weight is 437 g/mol. The van der Waals surface area contributed by atoms with Crippen molar-refractivity contribution < 1.29 is 0 Å². The summed E-state index contributed by atoms with van der Waals surface area (Å²) in [5.74, 6) is 0.852. The molecule has 3 heteroatoms. The molecule has 0 nitrogen and oxygen atoms in total. The smallest absolute Gasteiger partial charge is 0.0449 e. The Labute approximate surface area is 151 Å². The molecule has 118 valence electrons. The van der Waals surface area contributed by atoms with Crippen LogP contribution in [0.1, 0.15) is 52.0 Å². The van der Waals surface area contributed by atoms with Gasteiger partial charge in [0.15, 0.2) is 0 Å². The summed E-state index contributed by atoms with van der Waals surface area (Å²) >= 11 is 13.7. The van der Waals surface area contributed by atoms with Gasteiger partial charge in [-0.1, -0.05) is 70.3 Å². The molecule has 0 bridgehead atoms. The van der Waals surface area contributed by atoms with Crippen LogP contribution in [0.15, 0.2) is 22.7 Å². The van der Waals surface area contributed by atoms with Gasteiger partial charge in [0.2, 0.25) is 0 Å². The summed E-state index contributed by atoms with van der Waals surface area (Å²) in [5.41, 5.74) is 2.10. The zero-order valence-corrected chi connectivity index (χ0v) is 17.1. The van der Waals surface area contributed by atoms with Crippen LogP contribution in [0.4, 0.5) is 0 Å². The van der Waals surface area contributed by atoms with Gasteiger partial charge in [-0.25, -0.2) is 0 Å². The van der Waals surface area contributed by atoms with E-state index in [-0.39, 0.29) is 0 Å². The fourth-order valence-corrected chi connectivity index (χ4v) is 5.02. The van der Waals surface area contributed by atoms with Crippen molar-refractivity contribution >= 4 is 43.5 Å². The first-order valence-corrected chi connectivity index (χ1v) is 10.0. The standard InChI is InChI=1S/C18H25Br2Cl/c1-17(2,3)14-6-8-18(12-19,9-7-14)11-13-4-5-15(20)10-16(13)21/h4-5,10,14H,6-9,11-12H2,1-3H3. The van der Waals surface area contributed by atoms with E-state index in [1.54, 1.807) is 0 Å². The maximum Gasteiger partial charge on any atom is 0.0449 e. The minimum Gasteiger partial charge on any atom is -0.0922 e. The van der Waals surface area contributed by atoms with Gasteiger partial charge in [0.05, 0.1) is 0 Å². The summed E-state index contributed by atoms with van der Waals surface area (Å²) in [5, 5.41) is 1.96. The Hall–Kier alpha value is 0.470. The topological polar surface area (TPSA) is 0 Å². The molecule has 2 rings (SSSR count). The molecule has 0 radical (unpaired) electrons. The highest BCUT2D eigenvalue weighted by molar-refractivity contribution is 9.10. The second-order valence-corrected chi connectivity index (χ2v) is 9.57. The minimum atomic E-state index is 0.374. The van der Waals surface area contributed by atoms with Crippen LogP contribution in [0.2, 0.25) is 5.02 Å². The zero-order chi connectivity index (χ0) is 15.7. The largest absolute Gasteiger partial charge is 0.0922 e. The predicted octanol–water partition coefficient (Wildman–Crippen LogP) is 7.26. The van der Waals surface area contributed by atoms with Gasteiger partial charge < -0.3 is 0 Å². The summed E-state index contributed by atoms with van der Waals surface area (Å²) < 4.78 is 1.06. The van der Waals surface area contributed by atoms with E-state index < -0.39 is 0 Å². The maximum atomic E-state index is 6.42. The van der Waals surface area contributed by atoms with Gasteiger partial charge in [-0.3, -0.25) is 0 Å². The average Bonchev–Trinajstić information content (AvgIpc) is 2.41. The van der Waals surface area contributed by atoms with Crippen LogP contribution in [0.3, 0.4) is 0 Å². The van der Waals surface area contributed by atoms with Crippen molar-refractivity contribution in [2.45, 2.75) is 52.9 Å². The van der Waals surface area contributed by atoms with E-state index in [2.05, 4.69) is 64.8 Å². The summed E-state index contributed by atoms with van der Waals surface area (Å²) in [6.45, 7) is 7.14. The van der Waals surface area contributed by atoms with Crippen molar-refractivity contribution in [3.63, 3.8) is 0 Å². The number of hydrogen-bond acceptors (Lipinski definition) is 0. The molecule has 0 aliphatic heterocycles. The van der Waals surface area contributed by atoms with E-state index in [1.807, 2.05) is 6.07 Å². The van der Waals surface area contributed by atoms with Gasteiger partial charge in [-0.2, -0.15) is 0 Å². The number of alkyl halides is 1. The molecular weight excluding hydrogens is 411 g/mol. The highest BCUT2D eigenvalue weighted by Crippen LogP contribution is 2.48. The summed E-state index contributed by atoms with van der Waals surface area (Å²) in [7, 11) is 0. The quantitative estimate of drug-likeness (QED) is 0.437. The van der Waals surface area contributed by atoms with Crippen molar-refractivity contribution in [1.82, 2.24) is 0 Å². The molecular formula is C18H25Br2Cl. The Bertz CT molecular complexity index is 482. The van der Waals surface area contributed by atoms with Crippen molar-refractivity contribution in [3.8, 4) is 0 Å². The lowest BCUT2D eigenvalue weighted by atomic mass is 9.63. The van der Waals surface area contributed by atoms with Gasteiger partial charge in [-0.15, -0.1) is 0 Å². The van der Waals surface area contributed by atoms with E-state index in [0.717, 1.165) is 27.2 Å². The van der Waals surface area contributed by atoms with Gasteiger partial charge in [0.25, 0.3) is 0 Å². The van der Waals surface area contributed by atoms with Gasteiger partial charge in [0.1, 0.15) is 0 Å². The lowest BCUT2D eigenvalue weighted by Gasteiger charge is -2.43. The molecule has 1 aliphatic rings. The Morgan fingerprint density at radius 2 is 1.86 bits per heavy atom. The third-order valence-corrected chi connectivity index (χ3v) is 7.17. The summed E-state index contributed by atoms with van der Waals surface area (Å²) in [6, 6.07) is 6.29. The van der Waals surface area contributed by atoms with E-state index >= 15 is 0 Å². The Kier molecular flexibility index (Phi) is 5.88. The molecule has 0 aromatic heterocycles. The van der Waals surface area contributed by atoms with E-state index in [4.69, 9.17) is 11.6 Å². The van der Waals surface area contributed by atoms with Crippen LogP contribution >= 0.6 is 43.5 Å². The van der Waals surface area contributed by atoms with E-state index in [0.29, 0.717) is 10.8 Å². The molecule has 1 saturated carbocycles. The Morgan fingerprint density at radius 1 is 1.24 bits per heavy atom. The SMILES string of the molecule is CC(C)(C)C1CCC(CBr)(Cc2ccc(Br)cc2Cl)CC1. The molecule has 1 fully saturated rings. The molecule has 0 atom stereocenters. The summed E-state index contributed by atoms with van der Waals surface area (Å²) in [6.07, 6.45) is 6.35. The van der Waals surface area contributed by atoms with Gasteiger partial charge in [0, 0.05) is 14.8 Å². The molecule has 1 aliphatic carbocycles. The van der Waals surface area contributed by atoms with Crippen molar-refractivity contribution in [2.75, 3.05) is 5.33 Å². The van der Waals surface area contributed by atoms with Crippen LogP contribution in [-0.2, 0) is 6.42 Å². The van der Waals surface area contributed by atoms with Crippen molar-refractivity contribution in [1.29, 1.82) is 0 Å². The molecule has 21 heavy (non-hydrogen) atoms. The predicted molar refractivity (Wildman–Crippen MR) is 100 cm³/mol. The first-order valence-electron chi connectivity index (χ1n) is 7.76. The molecule has 0 unspecified atom stereocenters. The van der Waals surface area contributed by atoms with Crippen LogP contribution in [-0.4, -0.2) is 5.33 Å². The number of halogens is 3. The van der Waals surface area contributed by atoms with Gasteiger partial charge >= 0.3 is 0 Å². The normalized spacial score (nSPS) is 26.9. The minimum absolute atomic E-state index is 0.374. The van der Waals surface area contributed by atoms with Crippen LogP contribution in [0, 0.1) is 16.7 Å². The molecule has 0 saturated heterocycles. The second-order valence-electron chi connectivity index (χ2n) is 7.69. The number of rotatable bonds is 3. The van der Waals surface area contributed by atoms with Crippen LogP contribution < -0.4 is 0 Å². The third-order valence-electron chi connectivity index (χ3n) is 5.14. The lowest BCUT2D eigenvalue weighted by molar-refractivity contribution is 0.103. The molecule has 0 heterocycles. The lowest BCUT2D eigenvalue weighted by Crippen LogP contribution is -2.35. The first kappa shape index (κ1) is 17.8. The van der Waals surface area contributed by atoms with E-state index in [1.165, 1.54) is 31.2 Å². The monoisotopic (exact) mass is 434 g/mol. The zero-order valence-electron chi connectivity index (χ0n) is 13.2. The Balaban J connectivity index is 2.10. The van der Waals surface area contributed by atoms with E-state index in [9.17, 15) is 0 Å². The first-order chi connectivity index (χ1) is 9.76. The fourth-order valence-electron chi connectivity index (χ4n) is 3.52. The highest BCUT2D eigenvalue weighted by Gasteiger charge is 2.38. The molecule has 0 amide bonds. The molecule has 1 aromatic carbocycles. The molecule has 0 spiro atoms.